The van der Waals surface area contributed by atoms with E-state index in [2.05, 4.69) is 95.3 Å². The van der Waals surface area contributed by atoms with Crippen molar-refractivity contribution < 1.29 is 4.74 Å². The van der Waals surface area contributed by atoms with Gasteiger partial charge in [-0.3, -0.25) is 0 Å². The smallest absolute Gasteiger partial charge is 0.116 e. The Hall–Kier alpha value is -3.32. The van der Waals surface area contributed by atoms with Crippen molar-refractivity contribution >= 4 is 33.9 Å². The van der Waals surface area contributed by atoms with E-state index >= 15 is 0 Å². The average Bonchev–Trinajstić information content (AvgIpc) is 3.27. The van der Waals surface area contributed by atoms with Crippen LogP contribution in [0.4, 0.5) is 11.4 Å². The van der Waals surface area contributed by atoms with Crippen molar-refractivity contribution in [3.8, 4) is 11.1 Å². The highest BCUT2D eigenvalue weighted by molar-refractivity contribution is 7.98. The van der Waals surface area contributed by atoms with Crippen LogP contribution in [-0.4, -0.2) is 39.1 Å². The number of hydrogen-bond donors (Lipinski definition) is 0. The predicted octanol–water partition coefficient (Wildman–Crippen LogP) is 9.54. The molecule has 1 saturated carbocycles. The minimum absolute atomic E-state index is 0.0140. The largest absolute Gasteiger partial charge is 0.378 e. The molecule has 0 bridgehead atoms. The number of nitrogens with zero attached hydrogens (tertiary/aromatic N) is 5. The molecular weight excluding hydrogens is 542 g/mol. The Balaban J connectivity index is 1.68. The lowest BCUT2D eigenvalue weighted by molar-refractivity contribution is 0.0301. The van der Waals surface area contributed by atoms with E-state index in [-0.39, 0.29) is 16.2 Å². The van der Waals surface area contributed by atoms with Gasteiger partial charge >= 0.3 is 0 Å². The third-order valence-electron chi connectivity index (χ3n) is 10.1. The maximum atomic E-state index is 12.6. The first-order chi connectivity index (χ1) is 20.4. The third-order valence-corrected chi connectivity index (χ3v) is 10.9. The molecule has 6 rings (SSSR count). The van der Waals surface area contributed by atoms with Crippen molar-refractivity contribution in [1.82, 2.24) is 0 Å². The topological polar surface area (TPSA) is 90.7 Å². The summed E-state index contributed by atoms with van der Waals surface area (Å²) in [5.41, 5.74) is 15.4. The number of nitroso groups, excluding NO2 is 1. The van der Waals surface area contributed by atoms with Crippen molar-refractivity contribution in [1.29, 1.82) is 0 Å². The summed E-state index contributed by atoms with van der Waals surface area (Å²) >= 11 is 1.70. The molecule has 1 aliphatic heterocycles. The summed E-state index contributed by atoms with van der Waals surface area (Å²) in [5.74, 6) is 0. The van der Waals surface area contributed by atoms with Crippen LogP contribution < -0.4 is 4.90 Å². The van der Waals surface area contributed by atoms with Gasteiger partial charge in [0.15, 0.2) is 0 Å². The van der Waals surface area contributed by atoms with E-state index in [1.165, 1.54) is 27.9 Å². The first-order valence-electron chi connectivity index (χ1n) is 14.9. The van der Waals surface area contributed by atoms with Crippen molar-refractivity contribution in [2.75, 3.05) is 44.0 Å². The lowest BCUT2D eigenvalue weighted by Crippen LogP contribution is -2.48. The molecule has 1 saturated heterocycles. The van der Waals surface area contributed by atoms with Crippen LogP contribution in [-0.2, 0) is 10.2 Å². The molecule has 0 radical (unpaired) electrons. The summed E-state index contributed by atoms with van der Waals surface area (Å²) in [5, 5.41) is 9.75. The second kappa shape index (κ2) is 11.1. The molecule has 3 aromatic rings. The van der Waals surface area contributed by atoms with Gasteiger partial charge in [0.25, 0.3) is 0 Å². The van der Waals surface area contributed by atoms with E-state index in [4.69, 9.17) is 4.74 Å². The van der Waals surface area contributed by atoms with E-state index in [1.54, 1.807) is 11.8 Å². The fourth-order valence-corrected chi connectivity index (χ4v) is 9.27. The molecule has 1 spiro atoms. The van der Waals surface area contributed by atoms with Crippen LogP contribution in [0, 0.1) is 15.7 Å². The van der Waals surface area contributed by atoms with Crippen LogP contribution in [0.25, 0.3) is 32.3 Å². The Labute approximate surface area is 252 Å². The summed E-state index contributed by atoms with van der Waals surface area (Å²) in [6.45, 7) is 12.2. The van der Waals surface area contributed by atoms with Gasteiger partial charge < -0.3 is 9.64 Å². The Bertz CT molecular complexity index is 1610. The molecule has 8 heteroatoms. The number of ether oxygens (including phenoxy) is 1. The maximum absolute atomic E-state index is 12.6. The van der Waals surface area contributed by atoms with Gasteiger partial charge in [-0.15, -0.1) is 23.2 Å². The van der Waals surface area contributed by atoms with Crippen LogP contribution in [0.15, 0.2) is 70.3 Å². The molecule has 3 unspecified atom stereocenters. The van der Waals surface area contributed by atoms with E-state index in [0.29, 0.717) is 25.4 Å². The fourth-order valence-electron chi connectivity index (χ4n) is 8.64. The third kappa shape index (κ3) is 4.52. The van der Waals surface area contributed by atoms with Crippen molar-refractivity contribution in [3.63, 3.8) is 0 Å². The van der Waals surface area contributed by atoms with Crippen LogP contribution in [0.2, 0.25) is 0 Å². The number of benzene rings is 3. The second-order valence-corrected chi connectivity index (χ2v) is 13.6. The highest BCUT2D eigenvalue weighted by Crippen LogP contribution is 2.66. The number of thioether (sulfide) groups is 1. The number of morpholine rings is 1. The average molecular weight is 582 g/mol. The van der Waals surface area contributed by atoms with Crippen LogP contribution >= 0.6 is 11.8 Å². The molecule has 2 fully saturated rings. The number of allylic oxidation sites excluding steroid dienone is 1. The van der Waals surface area contributed by atoms with Gasteiger partial charge in [0, 0.05) is 40.2 Å². The summed E-state index contributed by atoms with van der Waals surface area (Å²) in [6, 6.07) is 15.3. The molecule has 0 amide bonds. The molecule has 218 valence electrons. The van der Waals surface area contributed by atoms with Gasteiger partial charge in [-0.1, -0.05) is 55.7 Å². The zero-order valence-corrected chi connectivity index (χ0v) is 25.7. The van der Waals surface area contributed by atoms with E-state index in [1.807, 2.05) is 0 Å². The Morgan fingerprint density at radius 2 is 1.90 bits per heavy atom. The van der Waals surface area contributed by atoms with Crippen molar-refractivity contribution in [2.24, 2.45) is 21.1 Å². The van der Waals surface area contributed by atoms with E-state index in [9.17, 15) is 10.4 Å². The van der Waals surface area contributed by atoms with E-state index in [0.717, 1.165) is 60.9 Å². The summed E-state index contributed by atoms with van der Waals surface area (Å²) in [4.78, 5) is 19.3. The standard InChI is InChI=1S/C34H39N5O2S/c1-5-11-33(6-2)19-32(3,22-36-38-35)20-34(21-33)26-10-8-7-9-23(26)31-25-16-29(39-12-14-41-15-13-39)30(42-4)17-24(25)28(37-40)18-27(31)34/h5,7-10,16-18H,1,6,11-15,19-22H2,2-4H3. The molecular formula is C34H39N5O2S. The van der Waals surface area contributed by atoms with E-state index < -0.39 is 0 Å². The highest BCUT2D eigenvalue weighted by Gasteiger charge is 2.56. The molecule has 0 N–H and O–H groups in total. The zero-order valence-electron chi connectivity index (χ0n) is 24.9. The highest BCUT2D eigenvalue weighted by atomic mass is 32.2. The zero-order chi connectivity index (χ0) is 29.5. The molecule has 42 heavy (non-hydrogen) atoms. The van der Waals surface area contributed by atoms with Crippen molar-refractivity contribution in [2.45, 2.75) is 56.3 Å². The monoisotopic (exact) mass is 581 g/mol. The molecule has 3 aromatic carbocycles. The molecule has 3 atom stereocenters. The quantitative estimate of drug-likeness (QED) is 0.0661. The van der Waals surface area contributed by atoms with Gasteiger partial charge in [-0.2, -0.15) is 0 Å². The predicted molar refractivity (Wildman–Crippen MR) is 174 cm³/mol. The van der Waals surface area contributed by atoms with Crippen LogP contribution in [0.1, 0.15) is 57.1 Å². The number of hydrogen-bond acceptors (Lipinski definition) is 6. The summed E-state index contributed by atoms with van der Waals surface area (Å²) < 4.78 is 5.67. The normalized spacial score (nSPS) is 26.5. The molecule has 7 nitrogen and oxygen atoms in total. The van der Waals surface area contributed by atoms with Gasteiger partial charge in [-0.05, 0) is 99.3 Å². The number of anilines is 1. The van der Waals surface area contributed by atoms with Gasteiger partial charge in [-0.25, -0.2) is 0 Å². The Morgan fingerprint density at radius 1 is 1.12 bits per heavy atom. The number of fused-ring (bicyclic) bond motifs is 7. The summed E-state index contributed by atoms with van der Waals surface area (Å²) in [7, 11) is 0. The maximum Gasteiger partial charge on any atom is 0.116 e. The first kappa shape index (κ1) is 28.8. The van der Waals surface area contributed by atoms with Crippen LogP contribution in [0.3, 0.4) is 0 Å². The number of rotatable bonds is 8. The SMILES string of the molecule is C=CCC1(CC)CC(C)(CN=[N+]=[N-])CC2(C1)c1ccccc1-c1c2cc(N=O)c2cc(SC)c(N3CCOCC3)cc12. The molecule has 0 aromatic heterocycles. The second-order valence-electron chi connectivity index (χ2n) is 12.8. The Kier molecular flexibility index (Phi) is 7.58. The fraction of sp³-hybridized carbons (Fsp3) is 0.471. The minimum atomic E-state index is -0.339. The first-order valence-corrected chi connectivity index (χ1v) is 16.2. The molecule has 3 aliphatic rings. The number of azide groups is 1. The van der Waals surface area contributed by atoms with Crippen LogP contribution in [0.5, 0.6) is 0 Å². The molecule has 1 heterocycles. The summed E-state index contributed by atoms with van der Waals surface area (Å²) in [6.07, 6.45) is 8.77. The van der Waals surface area contributed by atoms with Crippen molar-refractivity contribution in [3.05, 3.63) is 81.6 Å². The lowest BCUT2D eigenvalue weighted by atomic mass is 9.49. The van der Waals surface area contributed by atoms with Gasteiger partial charge in [0.1, 0.15) is 5.69 Å². The molecule has 2 aliphatic carbocycles. The van der Waals surface area contributed by atoms with Gasteiger partial charge in [0.2, 0.25) is 0 Å². The Morgan fingerprint density at radius 3 is 2.60 bits per heavy atom. The lowest BCUT2D eigenvalue weighted by Gasteiger charge is -2.55. The van der Waals surface area contributed by atoms with Gasteiger partial charge in [0.05, 0.1) is 18.9 Å². The minimum Gasteiger partial charge on any atom is -0.378 e.